The van der Waals surface area contributed by atoms with E-state index in [1.165, 1.54) is 0 Å². The first-order chi connectivity index (χ1) is 9.04. The van der Waals surface area contributed by atoms with Crippen LogP contribution in [0.15, 0.2) is 29.6 Å². The zero-order valence-electron chi connectivity index (χ0n) is 10.9. The Morgan fingerprint density at radius 3 is 2.63 bits per heavy atom. The monoisotopic (exact) mass is 294 g/mol. The third-order valence-electron chi connectivity index (χ3n) is 2.68. The highest BCUT2D eigenvalue weighted by Crippen LogP contribution is 2.12. The van der Waals surface area contributed by atoms with Crippen LogP contribution in [0.4, 0.5) is 0 Å². The molecule has 1 aromatic carbocycles. The van der Waals surface area contributed by atoms with Crippen LogP contribution in [0.3, 0.4) is 0 Å². The molecule has 1 heterocycles. The standard InChI is InChI=1S/C14H15ClN2OS/c1-10-16-13(9-19-10)7-17(2)8-14(18)11-3-5-12(15)6-4-11/h3-6,9H,7-8H2,1-2H3. The van der Waals surface area contributed by atoms with Gasteiger partial charge in [-0.15, -0.1) is 11.3 Å². The Labute approximate surface area is 121 Å². The molecule has 1 aromatic heterocycles. The highest BCUT2D eigenvalue weighted by molar-refractivity contribution is 7.09. The summed E-state index contributed by atoms with van der Waals surface area (Å²) < 4.78 is 0. The molecule has 0 unspecified atom stereocenters. The number of aromatic nitrogens is 1. The van der Waals surface area contributed by atoms with Gasteiger partial charge in [0.05, 0.1) is 17.2 Å². The molecule has 0 saturated heterocycles. The van der Waals surface area contributed by atoms with Gasteiger partial charge in [-0.1, -0.05) is 11.6 Å². The molecule has 5 heteroatoms. The fourth-order valence-corrected chi connectivity index (χ4v) is 2.52. The normalized spacial score (nSPS) is 10.9. The quantitative estimate of drug-likeness (QED) is 0.792. The first kappa shape index (κ1) is 14.2. The van der Waals surface area contributed by atoms with E-state index in [0.29, 0.717) is 23.7 Å². The van der Waals surface area contributed by atoms with Crippen molar-refractivity contribution < 1.29 is 4.79 Å². The molecule has 0 atom stereocenters. The van der Waals surface area contributed by atoms with Crippen molar-refractivity contribution in [3.05, 3.63) is 50.9 Å². The second kappa shape index (κ2) is 6.28. The second-order valence-electron chi connectivity index (χ2n) is 4.46. The lowest BCUT2D eigenvalue weighted by Crippen LogP contribution is -2.25. The van der Waals surface area contributed by atoms with Gasteiger partial charge in [0, 0.05) is 22.5 Å². The van der Waals surface area contributed by atoms with E-state index in [1.807, 2.05) is 24.3 Å². The predicted molar refractivity (Wildman–Crippen MR) is 79.0 cm³/mol. The van der Waals surface area contributed by atoms with Crippen LogP contribution in [0.2, 0.25) is 5.02 Å². The van der Waals surface area contributed by atoms with E-state index in [9.17, 15) is 4.79 Å². The maximum atomic E-state index is 12.1. The summed E-state index contributed by atoms with van der Waals surface area (Å²) in [5, 5.41) is 3.72. The van der Waals surface area contributed by atoms with Crippen LogP contribution in [0, 0.1) is 6.92 Å². The van der Waals surface area contributed by atoms with Crippen LogP contribution >= 0.6 is 22.9 Å². The number of likely N-dealkylation sites (N-methyl/N-ethyl adjacent to an activating group) is 1. The fourth-order valence-electron chi connectivity index (χ4n) is 1.79. The number of hydrogen-bond acceptors (Lipinski definition) is 4. The van der Waals surface area contributed by atoms with Gasteiger partial charge in [-0.25, -0.2) is 4.98 Å². The highest BCUT2D eigenvalue weighted by atomic mass is 35.5. The predicted octanol–water partition coefficient (Wildman–Crippen LogP) is 3.42. The van der Waals surface area contributed by atoms with Crippen molar-refractivity contribution in [2.45, 2.75) is 13.5 Å². The van der Waals surface area contributed by atoms with Gasteiger partial charge in [0.1, 0.15) is 0 Å². The van der Waals surface area contributed by atoms with Crippen molar-refractivity contribution in [1.82, 2.24) is 9.88 Å². The summed E-state index contributed by atoms with van der Waals surface area (Å²) in [7, 11) is 1.92. The van der Waals surface area contributed by atoms with Crippen molar-refractivity contribution in [2.24, 2.45) is 0 Å². The van der Waals surface area contributed by atoms with Crippen molar-refractivity contribution >= 4 is 28.7 Å². The Kier molecular flexibility index (Phi) is 4.69. The first-order valence-electron chi connectivity index (χ1n) is 5.93. The number of aryl methyl sites for hydroxylation is 1. The second-order valence-corrected chi connectivity index (χ2v) is 5.96. The van der Waals surface area contributed by atoms with Gasteiger partial charge >= 0.3 is 0 Å². The molecule has 0 aliphatic carbocycles. The van der Waals surface area contributed by atoms with E-state index in [0.717, 1.165) is 10.7 Å². The molecule has 0 fully saturated rings. The number of benzene rings is 1. The summed E-state index contributed by atoms with van der Waals surface area (Å²) in [5.41, 5.74) is 1.69. The average molecular weight is 295 g/mol. The summed E-state index contributed by atoms with van der Waals surface area (Å²) in [6.45, 7) is 3.04. The van der Waals surface area contributed by atoms with Gasteiger partial charge in [-0.2, -0.15) is 0 Å². The summed E-state index contributed by atoms with van der Waals surface area (Å²) in [4.78, 5) is 18.4. The van der Waals surface area contributed by atoms with Crippen LogP contribution in [0.5, 0.6) is 0 Å². The SMILES string of the molecule is Cc1nc(CN(C)CC(=O)c2ccc(Cl)cc2)cs1. The van der Waals surface area contributed by atoms with E-state index >= 15 is 0 Å². The highest BCUT2D eigenvalue weighted by Gasteiger charge is 2.10. The Hall–Kier alpha value is -1.23. The average Bonchev–Trinajstić information content (AvgIpc) is 2.75. The zero-order chi connectivity index (χ0) is 13.8. The van der Waals surface area contributed by atoms with E-state index < -0.39 is 0 Å². The molecule has 0 amide bonds. The van der Waals surface area contributed by atoms with Crippen molar-refractivity contribution in [3.63, 3.8) is 0 Å². The van der Waals surface area contributed by atoms with Crippen LogP contribution in [0.1, 0.15) is 21.1 Å². The maximum absolute atomic E-state index is 12.1. The van der Waals surface area contributed by atoms with Crippen LogP contribution < -0.4 is 0 Å². The summed E-state index contributed by atoms with van der Waals surface area (Å²) in [6, 6.07) is 6.98. The van der Waals surface area contributed by atoms with Crippen molar-refractivity contribution in [2.75, 3.05) is 13.6 Å². The zero-order valence-corrected chi connectivity index (χ0v) is 12.5. The number of nitrogens with zero attached hydrogens (tertiary/aromatic N) is 2. The first-order valence-corrected chi connectivity index (χ1v) is 7.18. The van der Waals surface area contributed by atoms with Gasteiger partial charge < -0.3 is 0 Å². The molecule has 2 aromatic rings. The smallest absolute Gasteiger partial charge is 0.176 e. The molecule has 3 nitrogen and oxygen atoms in total. The molecule has 0 N–H and O–H groups in total. The van der Waals surface area contributed by atoms with E-state index in [2.05, 4.69) is 4.98 Å². The van der Waals surface area contributed by atoms with Gasteiger partial charge in [0.2, 0.25) is 0 Å². The number of halogens is 1. The molecule has 0 aliphatic heterocycles. The van der Waals surface area contributed by atoms with Crippen LogP contribution in [-0.4, -0.2) is 29.3 Å². The number of hydrogen-bond donors (Lipinski definition) is 0. The molecule has 0 saturated carbocycles. The molecule has 0 aliphatic rings. The third-order valence-corrected chi connectivity index (χ3v) is 3.75. The minimum absolute atomic E-state index is 0.0890. The Bertz CT molecular complexity index is 565. The van der Waals surface area contributed by atoms with Crippen LogP contribution in [-0.2, 0) is 6.54 Å². The van der Waals surface area contributed by atoms with Gasteiger partial charge in [0.25, 0.3) is 0 Å². The third kappa shape index (κ3) is 4.13. The van der Waals surface area contributed by atoms with Gasteiger partial charge in [-0.05, 0) is 38.2 Å². The lowest BCUT2D eigenvalue weighted by molar-refractivity contribution is 0.0942. The maximum Gasteiger partial charge on any atom is 0.176 e. The summed E-state index contributed by atoms with van der Waals surface area (Å²) in [5.74, 6) is 0.0890. The van der Waals surface area contributed by atoms with Crippen molar-refractivity contribution in [1.29, 1.82) is 0 Å². The number of carbonyl (C=O) groups excluding carboxylic acids is 1. The number of rotatable bonds is 5. The lowest BCUT2D eigenvalue weighted by atomic mass is 10.1. The molecular formula is C14H15ClN2OS. The summed E-state index contributed by atoms with van der Waals surface area (Å²) in [6.07, 6.45) is 0. The van der Waals surface area contributed by atoms with E-state index in [-0.39, 0.29) is 5.78 Å². The van der Waals surface area contributed by atoms with E-state index in [4.69, 9.17) is 11.6 Å². The molecule has 100 valence electrons. The number of ketones is 1. The Morgan fingerprint density at radius 1 is 1.37 bits per heavy atom. The molecule has 0 spiro atoms. The van der Waals surface area contributed by atoms with Gasteiger partial charge in [0.15, 0.2) is 5.78 Å². The van der Waals surface area contributed by atoms with Crippen LogP contribution in [0.25, 0.3) is 0 Å². The van der Waals surface area contributed by atoms with Crippen molar-refractivity contribution in [3.8, 4) is 0 Å². The van der Waals surface area contributed by atoms with E-state index in [1.54, 1.807) is 35.6 Å². The Morgan fingerprint density at radius 2 is 2.05 bits per heavy atom. The number of thiazole rings is 1. The van der Waals surface area contributed by atoms with Gasteiger partial charge in [-0.3, -0.25) is 9.69 Å². The molecular weight excluding hydrogens is 280 g/mol. The fraction of sp³-hybridized carbons (Fsp3) is 0.286. The summed E-state index contributed by atoms with van der Waals surface area (Å²) >= 11 is 7.43. The number of Topliss-reactive ketones (excluding diaryl/α,β-unsaturated/α-hetero) is 1. The molecule has 19 heavy (non-hydrogen) atoms. The molecule has 0 bridgehead atoms. The topological polar surface area (TPSA) is 33.2 Å². The Balaban J connectivity index is 1.93. The molecule has 0 radical (unpaired) electrons. The minimum Gasteiger partial charge on any atom is -0.293 e. The largest absolute Gasteiger partial charge is 0.293 e. The minimum atomic E-state index is 0.0890. The molecule has 2 rings (SSSR count). The number of carbonyl (C=O) groups is 1. The lowest BCUT2D eigenvalue weighted by Gasteiger charge is -2.14.